The highest BCUT2D eigenvalue weighted by molar-refractivity contribution is 5.81. The molecule has 5 heteroatoms. The van der Waals surface area contributed by atoms with Crippen molar-refractivity contribution in [2.75, 3.05) is 0 Å². The number of amides is 1. The molecule has 5 nitrogen and oxygen atoms in total. The molecule has 0 aliphatic rings. The van der Waals surface area contributed by atoms with E-state index < -0.39 is 0 Å². The number of benzene rings is 1. The van der Waals surface area contributed by atoms with Gasteiger partial charge in [0.05, 0.1) is 0 Å². The highest BCUT2D eigenvalue weighted by Crippen LogP contribution is 2.08. The van der Waals surface area contributed by atoms with Crippen molar-refractivity contribution in [3.8, 4) is 0 Å². The van der Waals surface area contributed by atoms with Crippen molar-refractivity contribution in [3.63, 3.8) is 0 Å². The molecule has 0 aliphatic carbocycles. The number of nitrogens with two attached hydrogens (primary N) is 1. The van der Waals surface area contributed by atoms with Crippen LogP contribution >= 0.6 is 0 Å². The number of hydrogen-bond acceptors (Lipinski definition) is 3. The van der Waals surface area contributed by atoms with Crippen molar-refractivity contribution in [1.29, 1.82) is 0 Å². The summed E-state index contributed by atoms with van der Waals surface area (Å²) in [6, 6.07) is 9.22. The quantitative estimate of drug-likeness (QED) is 0.455. The third kappa shape index (κ3) is 2.34. The Hall–Kier alpha value is -2.14. The third-order valence-corrected chi connectivity index (χ3v) is 2.63. The van der Waals surface area contributed by atoms with Crippen molar-refractivity contribution in [2.24, 2.45) is 5.84 Å². The normalized spacial score (nSPS) is 10.4. The van der Waals surface area contributed by atoms with E-state index in [1.54, 1.807) is 12.3 Å². The van der Waals surface area contributed by atoms with Crippen LogP contribution in [0.1, 0.15) is 6.42 Å². The summed E-state index contributed by atoms with van der Waals surface area (Å²) in [5.41, 5.74) is 1.95. The molecule has 1 aromatic carbocycles. The first-order valence-corrected chi connectivity index (χ1v) is 5.30. The summed E-state index contributed by atoms with van der Waals surface area (Å²) in [4.78, 5) is 23.0. The molecule has 0 saturated carbocycles. The Labute approximate surface area is 97.8 Å². The van der Waals surface area contributed by atoms with Crippen LogP contribution < -0.4 is 16.8 Å². The number of carbonyl (C=O) groups excluding carboxylic acids is 1. The van der Waals surface area contributed by atoms with Crippen molar-refractivity contribution in [2.45, 2.75) is 13.0 Å². The van der Waals surface area contributed by atoms with E-state index in [0.717, 1.165) is 5.39 Å². The van der Waals surface area contributed by atoms with E-state index in [-0.39, 0.29) is 17.9 Å². The second-order valence-corrected chi connectivity index (χ2v) is 3.72. The molecule has 2 rings (SSSR count). The Bertz CT molecular complexity index is 604. The van der Waals surface area contributed by atoms with Crippen LogP contribution in [0.4, 0.5) is 0 Å². The second-order valence-electron chi connectivity index (χ2n) is 3.72. The minimum Gasteiger partial charge on any atom is -0.314 e. The van der Waals surface area contributed by atoms with Crippen molar-refractivity contribution in [1.82, 2.24) is 9.99 Å². The minimum atomic E-state index is -0.287. The van der Waals surface area contributed by atoms with E-state index in [1.807, 2.05) is 29.7 Å². The van der Waals surface area contributed by atoms with Gasteiger partial charge >= 0.3 is 0 Å². The summed E-state index contributed by atoms with van der Waals surface area (Å²) < 4.78 is 1.51. The summed E-state index contributed by atoms with van der Waals surface area (Å²) in [6.45, 7) is 0.326. The van der Waals surface area contributed by atoms with Gasteiger partial charge in [-0.1, -0.05) is 18.2 Å². The van der Waals surface area contributed by atoms with Crippen LogP contribution in [0.5, 0.6) is 0 Å². The van der Waals surface area contributed by atoms with Crippen LogP contribution in [-0.4, -0.2) is 10.5 Å². The van der Waals surface area contributed by atoms with Gasteiger partial charge in [-0.05, 0) is 17.5 Å². The smallest absolute Gasteiger partial charge is 0.258 e. The monoisotopic (exact) mass is 231 g/mol. The van der Waals surface area contributed by atoms with E-state index in [2.05, 4.69) is 0 Å². The molecule has 88 valence electrons. The van der Waals surface area contributed by atoms with Gasteiger partial charge in [0.1, 0.15) is 0 Å². The maximum atomic E-state index is 12.0. The number of carbonyl (C=O) groups is 1. The van der Waals surface area contributed by atoms with Crippen molar-refractivity contribution >= 4 is 16.7 Å². The molecule has 0 fully saturated rings. The molecular weight excluding hydrogens is 218 g/mol. The Balaban J connectivity index is 2.33. The summed E-state index contributed by atoms with van der Waals surface area (Å²) >= 11 is 0. The Morgan fingerprint density at radius 2 is 2.06 bits per heavy atom. The van der Waals surface area contributed by atoms with Crippen LogP contribution in [0.2, 0.25) is 0 Å². The molecule has 0 spiro atoms. The fraction of sp³-hybridized carbons (Fsp3) is 0.167. The van der Waals surface area contributed by atoms with E-state index in [0.29, 0.717) is 11.9 Å². The van der Waals surface area contributed by atoms with Crippen LogP contribution in [0.15, 0.2) is 41.3 Å². The average molecular weight is 231 g/mol. The first kappa shape index (κ1) is 11.3. The molecule has 0 saturated heterocycles. The molecule has 1 aromatic heterocycles. The molecule has 2 aromatic rings. The first-order chi connectivity index (χ1) is 8.22. The number of fused-ring (bicyclic) bond motifs is 1. The van der Waals surface area contributed by atoms with E-state index in [9.17, 15) is 9.59 Å². The molecule has 0 atom stereocenters. The summed E-state index contributed by atoms with van der Waals surface area (Å²) in [6.07, 6.45) is 1.88. The second kappa shape index (κ2) is 4.80. The standard InChI is InChI=1S/C12H13N3O2/c13-14-11(16)6-8-15-7-5-9-3-1-2-4-10(9)12(15)17/h1-5,7H,6,8,13H2,(H,14,16). The fourth-order valence-electron chi connectivity index (χ4n) is 1.70. The van der Waals surface area contributed by atoms with Gasteiger partial charge in [0.15, 0.2) is 0 Å². The molecule has 17 heavy (non-hydrogen) atoms. The van der Waals surface area contributed by atoms with E-state index in [4.69, 9.17) is 5.84 Å². The maximum Gasteiger partial charge on any atom is 0.258 e. The lowest BCUT2D eigenvalue weighted by atomic mass is 10.2. The summed E-state index contributed by atoms with van der Waals surface area (Å²) in [7, 11) is 0. The highest BCUT2D eigenvalue weighted by atomic mass is 16.2. The number of nitrogens with one attached hydrogen (secondary N) is 1. The molecule has 3 N–H and O–H groups in total. The number of hydrazine groups is 1. The number of pyridine rings is 1. The zero-order valence-corrected chi connectivity index (χ0v) is 9.22. The predicted octanol–water partition coefficient (Wildman–Crippen LogP) is 0.381. The van der Waals surface area contributed by atoms with Gasteiger partial charge in [0, 0.05) is 24.5 Å². The van der Waals surface area contributed by atoms with Gasteiger partial charge < -0.3 is 4.57 Å². The van der Waals surface area contributed by atoms with E-state index >= 15 is 0 Å². The van der Waals surface area contributed by atoms with Crippen LogP contribution in [-0.2, 0) is 11.3 Å². The van der Waals surface area contributed by atoms with Crippen LogP contribution in [0.25, 0.3) is 10.8 Å². The maximum absolute atomic E-state index is 12.0. The zero-order valence-electron chi connectivity index (χ0n) is 9.22. The van der Waals surface area contributed by atoms with Gasteiger partial charge in [-0.15, -0.1) is 0 Å². The van der Waals surface area contributed by atoms with Crippen molar-refractivity contribution < 1.29 is 4.79 Å². The van der Waals surface area contributed by atoms with Crippen LogP contribution in [0, 0.1) is 0 Å². The number of aromatic nitrogens is 1. The Kier molecular flexibility index (Phi) is 3.20. The molecule has 1 amide bonds. The average Bonchev–Trinajstić information content (AvgIpc) is 2.38. The van der Waals surface area contributed by atoms with Crippen LogP contribution in [0.3, 0.4) is 0 Å². The lowest BCUT2D eigenvalue weighted by molar-refractivity contribution is -0.121. The highest BCUT2D eigenvalue weighted by Gasteiger charge is 2.03. The van der Waals surface area contributed by atoms with Gasteiger partial charge in [-0.25, -0.2) is 5.84 Å². The zero-order chi connectivity index (χ0) is 12.3. The number of hydrogen-bond donors (Lipinski definition) is 2. The molecule has 0 unspecified atom stereocenters. The molecule has 0 aliphatic heterocycles. The van der Waals surface area contributed by atoms with E-state index in [1.165, 1.54) is 4.57 Å². The largest absolute Gasteiger partial charge is 0.314 e. The lowest BCUT2D eigenvalue weighted by Gasteiger charge is -2.06. The minimum absolute atomic E-state index is 0.0899. The van der Waals surface area contributed by atoms with Gasteiger partial charge in [0.2, 0.25) is 5.91 Å². The third-order valence-electron chi connectivity index (χ3n) is 2.63. The predicted molar refractivity (Wildman–Crippen MR) is 65.2 cm³/mol. The molecular formula is C12H13N3O2. The summed E-state index contributed by atoms with van der Waals surface area (Å²) in [5, 5.41) is 1.56. The lowest BCUT2D eigenvalue weighted by Crippen LogP contribution is -2.32. The van der Waals surface area contributed by atoms with Crippen molar-refractivity contribution in [3.05, 3.63) is 46.9 Å². The Morgan fingerprint density at radius 1 is 1.29 bits per heavy atom. The van der Waals surface area contributed by atoms with Gasteiger partial charge in [-0.2, -0.15) is 0 Å². The Morgan fingerprint density at radius 3 is 2.82 bits per heavy atom. The fourth-order valence-corrected chi connectivity index (χ4v) is 1.70. The molecule has 0 radical (unpaired) electrons. The van der Waals surface area contributed by atoms with Gasteiger partial charge in [-0.3, -0.25) is 15.0 Å². The first-order valence-electron chi connectivity index (χ1n) is 5.30. The molecule has 0 bridgehead atoms. The number of aryl methyl sites for hydroxylation is 1. The SMILES string of the molecule is NNC(=O)CCn1ccc2ccccc2c1=O. The van der Waals surface area contributed by atoms with Gasteiger partial charge in [0.25, 0.3) is 5.56 Å². The molecule has 1 heterocycles. The number of rotatable bonds is 3. The summed E-state index contributed by atoms with van der Waals surface area (Å²) in [5.74, 6) is 4.69. The topological polar surface area (TPSA) is 77.1 Å². The number of nitrogens with zero attached hydrogens (tertiary/aromatic N) is 1.